The summed E-state index contributed by atoms with van der Waals surface area (Å²) in [7, 11) is 0. The van der Waals surface area contributed by atoms with Gasteiger partial charge >= 0.3 is 5.97 Å². The second kappa shape index (κ2) is 5.38. The average Bonchev–Trinajstić information content (AvgIpc) is 2.61. The molecule has 2 atom stereocenters. The normalized spacial score (nSPS) is 27.9. The molecule has 0 aliphatic carbocycles. The Kier molecular flexibility index (Phi) is 4.59. The lowest BCUT2D eigenvalue weighted by atomic mass is 9.76. The zero-order valence-corrected chi connectivity index (χ0v) is 11.9. The highest BCUT2D eigenvalue weighted by Gasteiger charge is 2.47. The number of aliphatic carboxylic acids is 1. The van der Waals surface area contributed by atoms with Crippen molar-refractivity contribution in [3.8, 4) is 0 Å². The monoisotopic (exact) mass is 241 g/mol. The van der Waals surface area contributed by atoms with Gasteiger partial charge in [0, 0.05) is 12.6 Å². The van der Waals surface area contributed by atoms with Crippen LogP contribution >= 0.6 is 0 Å². The fraction of sp³-hybridized carbons (Fsp3) is 0.929. The Hall–Kier alpha value is -0.570. The number of carbonyl (C=O) groups is 1. The number of likely N-dealkylation sites (tertiary alicyclic amines) is 1. The number of nitrogens with zero attached hydrogens (tertiary/aromatic N) is 1. The molecule has 0 amide bonds. The Morgan fingerprint density at radius 3 is 2.24 bits per heavy atom. The van der Waals surface area contributed by atoms with Gasteiger partial charge in [-0.2, -0.15) is 0 Å². The number of hydrogen-bond acceptors (Lipinski definition) is 2. The van der Waals surface area contributed by atoms with Crippen molar-refractivity contribution in [1.29, 1.82) is 0 Å². The first-order valence-electron chi connectivity index (χ1n) is 6.77. The van der Waals surface area contributed by atoms with E-state index in [2.05, 4.69) is 25.7 Å². The lowest BCUT2D eigenvalue weighted by Crippen LogP contribution is -2.41. The van der Waals surface area contributed by atoms with E-state index >= 15 is 0 Å². The van der Waals surface area contributed by atoms with E-state index in [-0.39, 0.29) is 5.92 Å². The topological polar surface area (TPSA) is 40.5 Å². The Morgan fingerprint density at radius 2 is 1.88 bits per heavy atom. The van der Waals surface area contributed by atoms with Crippen LogP contribution in [0.5, 0.6) is 0 Å². The number of carboxylic acid groups (broad SMARTS) is 1. The highest BCUT2D eigenvalue weighted by molar-refractivity contribution is 5.75. The Bertz CT molecular complexity index is 275. The van der Waals surface area contributed by atoms with E-state index in [9.17, 15) is 9.90 Å². The summed E-state index contributed by atoms with van der Waals surface area (Å²) in [6.07, 6.45) is 1.94. The number of hydrogen-bond donors (Lipinski definition) is 1. The first kappa shape index (κ1) is 14.5. The molecule has 1 N–H and O–H groups in total. The van der Waals surface area contributed by atoms with Gasteiger partial charge in [0.15, 0.2) is 0 Å². The van der Waals surface area contributed by atoms with Gasteiger partial charge in [0.25, 0.3) is 0 Å². The lowest BCUT2D eigenvalue weighted by molar-refractivity contribution is -0.151. The molecule has 1 heterocycles. The molecule has 0 saturated carbocycles. The van der Waals surface area contributed by atoms with Crippen LogP contribution < -0.4 is 0 Å². The summed E-state index contributed by atoms with van der Waals surface area (Å²) in [4.78, 5) is 13.9. The maximum atomic E-state index is 11.5. The van der Waals surface area contributed by atoms with Gasteiger partial charge in [-0.1, -0.05) is 27.7 Å². The third-order valence-corrected chi connectivity index (χ3v) is 4.30. The fourth-order valence-electron chi connectivity index (χ4n) is 2.96. The smallest absolute Gasteiger partial charge is 0.311 e. The van der Waals surface area contributed by atoms with Gasteiger partial charge in [-0.15, -0.1) is 0 Å². The molecule has 0 radical (unpaired) electrons. The van der Waals surface area contributed by atoms with Gasteiger partial charge in [0.05, 0.1) is 5.41 Å². The SMILES string of the molecule is CC(C)CC(C)N1CCC(C(=O)O)(C(C)C)C1. The van der Waals surface area contributed by atoms with Gasteiger partial charge in [0.2, 0.25) is 0 Å². The number of carboxylic acids is 1. The van der Waals surface area contributed by atoms with Crippen LogP contribution in [0.2, 0.25) is 0 Å². The van der Waals surface area contributed by atoms with Crippen molar-refractivity contribution in [1.82, 2.24) is 4.90 Å². The molecule has 1 fully saturated rings. The molecule has 2 unspecified atom stereocenters. The van der Waals surface area contributed by atoms with Crippen molar-refractivity contribution >= 4 is 5.97 Å². The van der Waals surface area contributed by atoms with Crippen LogP contribution in [-0.2, 0) is 4.79 Å². The summed E-state index contributed by atoms with van der Waals surface area (Å²) in [5.74, 6) is 0.256. The molecule has 3 heteroatoms. The van der Waals surface area contributed by atoms with Crippen LogP contribution in [-0.4, -0.2) is 35.1 Å². The molecule has 0 spiro atoms. The molecule has 0 aromatic rings. The van der Waals surface area contributed by atoms with Gasteiger partial charge < -0.3 is 5.11 Å². The van der Waals surface area contributed by atoms with Gasteiger partial charge in [-0.05, 0) is 38.1 Å². The molecule has 0 bridgehead atoms. The van der Waals surface area contributed by atoms with Crippen molar-refractivity contribution in [2.24, 2.45) is 17.3 Å². The fourth-order valence-corrected chi connectivity index (χ4v) is 2.96. The molecule has 100 valence electrons. The van der Waals surface area contributed by atoms with E-state index in [4.69, 9.17) is 0 Å². The van der Waals surface area contributed by atoms with E-state index < -0.39 is 11.4 Å². The quantitative estimate of drug-likeness (QED) is 0.804. The molecule has 1 rings (SSSR count). The van der Waals surface area contributed by atoms with E-state index in [1.165, 1.54) is 0 Å². The summed E-state index contributed by atoms with van der Waals surface area (Å²) in [5.41, 5.74) is -0.523. The zero-order valence-electron chi connectivity index (χ0n) is 11.9. The first-order chi connectivity index (χ1) is 7.79. The highest BCUT2D eigenvalue weighted by atomic mass is 16.4. The Balaban J connectivity index is 2.70. The van der Waals surface area contributed by atoms with E-state index in [1.807, 2.05) is 13.8 Å². The van der Waals surface area contributed by atoms with Gasteiger partial charge in [0.1, 0.15) is 0 Å². The molecule has 17 heavy (non-hydrogen) atoms. The standard InChI is InChI=1S/C14H27NO2/c1-10(2)8-12(5)15-7-6-14(9-15,11(3)4)13(16)17/h10-12H,6-9H2,1-5H3,(H,16,17). The average molecular weight is 241 g/mol. The molecular formula is C14H27NO2. The van der Waals surface area contributed by atoms with Gasteiger partial charge in [-0.3, -0.25) is 9.69 Å². The molecule has 0 aromatic carbocycles. The predicted molar refractivity (Wildman–Crippen MR) is 70.0 cm³/mol. The Labute approximate surface area is 105 Å². The van der Waals surface area contributed by atoms with Crippen LogP contribution in [0.3, 0.4) is 0 Å². The van der Waals surface area contributed by atoms with Crippen LogP contribution in [0.4, 0.5) is 0 Å². The predicted octanol–water partition coefficient (Wildman–Crippen LogP) is 2.85. The van der Waals surface area contributed by atoms with Crippen molar-refractivity contribution in [2.75, 3.05) is 13.1 Å². The highest BCUT2D eigenvalue weighted by Crippen LogP contribution is 2.39. The maximum Gasteiger partial charge on any atom is 0.311 e. The summed E-state index contributed by atoms with van der Waals surface area (Å²) in [6.45, 7) is 12.4. The summed E-state index contributed by atoms with van der Waals surface area (Å²) >= 11 is 0. The minimum atomic E-state index is -0.619. The number of rotatable bonds is 5. The second-order valence-corrected chi connectivity index (χ2v) is 6.32. The molecular weight excluding hydrogens is 214 g/mol. The van der Waals surface area contributed by atoms with Crippen LogP contribution in [0.25, 0.3) is 0 Å². The molecule has 1 aliphatic rings. The van der Waals surface area contributed by atoms with Crippen LogP contribution in [0, 0.1) is 17.3 Å². The molecule has 0 aromatic heterocycles. The molecule has 1 saturated heterocycles. The second-order valence-electron chi connectivity index (χ2n) is 6.32. The van der Waals surface area contributed by atoms with Gasteiger partial charge in [-0.25, -0.2) is 0 Å². The largest absolute Gasteiger partial charge is 0.481 e. The van der Waals surface area contributed by atoms with Crippen molar-refractivity contribution < 1.29 is 9.90 Å². The third kappa shape index (κ3) is 3.01. The summed E-state index contributed by atoms with van der Waals surface area (Å²) in [5, 5.41) is 9.49. The van der Waals surface area contributed by atoms with Crippen LogP contribution in [0.15, 0.2) is 0 Å². The third-order valence-electron chi connectivity index (χ3n) is 4.30. The minimum Gasteiger partial charge on any atom is -0.481 e. The summed E-state index contributed by atoms with van der Waals surface area (Å²) in [6, 6.07) is 0.495. The molecule has 1 aliphatic heterocycles. The zero-order chi connectivity index (χ0) is 13.2. The maximum absolute atomic E-state index is 11.5. The van der Waals surface area contributed by atoms with Crippen molar-refractivity contribution in [3.63, 3.8) is 0 Å². The van der Waals surface area contributed by atoms with E-state index in [0.29, 0.717) is 18.5 Å². The van der Waals surface area contributed by atoms with Crippen molar-refractivity contribution in [3.05, 3.63) is 0 Å². The Morgan fingerprint density at radius 1 is 1.29 bits per heavy atom. The molecule has 3 nitrogen and oxygen atoms in total. The lowest BCUT2D eigenvalue weighted by Gasteiger charge is -2.31. The van der Waals surface area contributed by atoms with Crippen molar-refractivity contribution in [2.45, 2.75) is 53.5 Å². The van der Waals surface area contributed by atoms with E-state index in [1.54, 1.807) is 0 Å². The van der Waals surface area contributed by atoms with Crippen LogP contribution in [0.1, 0.15) is 47.5 Å². The minimum absolute atomic E-state index is 0.205. The summed E-state index contributed by atoms with van der Waals surface area (Å²) < 4.78 is 0. The van der Waals surface area contributed by atoms with E-state index in [0.717, 1.165) is 19.4 Å². The first-order valence-corrected chi connectivity index (χ1v) is 6.77.